The number of methoxy groups -OCH3 is 1. The number of nitrogens with one attached hydrogen (secondary N) is 1. The van der Waals surface area contributed by atoms with Gasteiger partial charge in [-0.15, -0.1) is 10.2 Å². The Morgan fingerprint density at radius 3 is 2.83 bits per heavy atom. The third kappa shape index (κ3) is 4.33. The van der Waals surface area contributed by atoms with Gasteiger partial charge < -0.3 is 15.0 Å². The molecule has 1 saturated heterocycles. The first kappa shape index (κ1) is 20.4. The van der Waals surface area contributed by atoms with Crippen LogP contribution in [0.5, 0.6) is 5.75 Å². The summed E-state index contributed by atoms with van der Waals surface area (Å²) in [7, 11) is 3.49. The standard InChI is InChI=1S/C20H23F3N6O/c1-28-7-3-4-14(11-28)25-19-27-26-18(17-10-24-12-29(17)19)16-6-5-15(30-2)8-13(16)9-20(21,22)23/h5-6,8,10,12,14H,3-4,7,9,11H2,1-2H3,(H,25,27). The second kappa shape index (κ2) is 8.10. The van der Waals surface area contributed by atoms with Crippen LogP contribution in [0.4, 0.5) is 19.1 Å². The maximum absolute atomic E-state index is 13.2. The number of rotatable bonds is 5. The highest BCUT2D eigenvalue weighted by molar-refractivity contribution is 5.79. The van der Waals surface area contributed by atoms with Crippen molar-refractivity contribution in [3.05, 3.63) is 36.3 Å². The van der Waals surface area contributed by atoms with Crippen molar-refractivity contribution in [3.63, 3.8) is 0 Å². The number of aromatic nitrogens is 4. The molecule has 1 aliphatic rings. The van der Waals surface area contributed by atoms with E-state index in [1.807, 2.05) is 0 Å². The molecule has 0 spiro atoms. The number of likely N-dealkylation sites (N-methyl/N-ethyl adjacent to an activating group) is 1. The minimum Gasteiger partial charge on any atom is -0.497 e. The number of hydrogen-bond donors (Lipinski definition) is 1. The van der Waals surface area contributed by atoms with E-state index in [1.54, 1.807) is 29.1 Å². The van der Waals surface area contributed by atoms with E-state index < -0.39 is 12.6 Å². The summed E-state index contributed by atoms with van der Waals surface area (Å²) < 4.78 is 46.4. The zero-order chi connectivity index (χ0) is 21.3. The van der Waals surface area contributed by atoms with Crippen molar-refractivity contribution in [1.29, 1.82) is 0 Å². The number of imidazole rings is 1. The summed E-state index contributed by atoms with van der Waals surface area (Å²) in [4.78, 5) is 6.42. The molecule has 1 N–H and O–H groups in total. The van der Waals surface area contributed by atoms with Crippen LogP contribution in [-0.2, 0) is 6.42 Å². The normalized spacial score (nSPS) is 18.0. The van der Waals surface area contributed by atoms with E-state index in [1.165, 1.54) is 13.2 Å². The molecule has 4 rings (SSSR count). The van der Waals surface area contributed by atoms with Gasteiger partial charge in [-0.25, -0.2) is 4.98 Å². The zero-order valence-electron chi connectivity index (χ0n) is 16.8. The SMILES string of the molecule is COc1ccc(-c2nnc(NC3CCCN(C)C3)n3cncc23)c(CC(F)(F)F)c1. The Morgan fingerprint density at radius 1 is 1.27 bits per heavy atom. The molecule has 3 heterocycles. The highest BCUT2D eigenvalue weighted by Gasteiger charge is 2.30. The molecule has 30 heavy (non-hydrogen) atoms. The van der Waals surface area contributed by atoms with E-state index in [-0.39, 0.29) is 11.6 Å². The number of hydrogen-bond acceptors (Lipinski definition) is 6. The van der Waals surface area contributed by atoms with Crippen molar-refractivity contribution in [2.24, 2.45) is 0 Å². The first-order valence-corrected chi connectivity index (χ1v) is 9.72. The minimum absolute atomic E-state index is 0.0777. The average Bonchev–Trinajstić information content (AvgIpc) is 3.18. The lowest BCUT2D eigenvalue weighted by atomic mass is 10.0. The molecule has 2 aromatic heterocycles. The van der Waals surface area contributed by atoms with E-state index >= 15 is 0 Å². The molecule has 0 aliphatic carbocycles. The van der Waals surface area contributed by atoms with Gasteiger partial charge in [0.25, 0.3) is 0 Å². The summed E-state index contributed by atoms with van der Waals surface area (Å²) in [5.41, 5.74) is 1.37. The van der Waals surface area contributed by atoms with Gasteiger partial charge in [0, 0.05) is 18.2 Å². The Bertz CT molecular complexity index is 1040. The number of halogens is 3. The molecule has 0 bridgehead atoms. The molecule has 3 aromatic rings. The predicted octanol–water partition coefficient (Wildman–Crippen LogP) is 3.41. The van der Waals surface area contributed by atoms with Crippen LogP contribution in [0.25, 0.3) is 16.8 Å². The number of ether oxygens (including phenoxy) is 1. The van der Waals surface area contributed by atoms with Crippen LogP contribution >= 0.6 is 0 Å². The molecule has 1 unspecified atom stereocenters. The second-order valence-electron chi connectivity index (χ2n) is 7.58. The van der Waals surface area contributed by atoms with Crippen LogP contribution in [0.2, 0.25) is 0 Å². The number of nitrogens with zero attached hydrogens (tertiary/aromatic N) is 5. The van der Waals surface area contributed by atoms with Gasteiger partial charge in [0.15, 0.2) is 0 Å². The summed E-state index contributed by atoms with van der Waals surface area (Å²) in [5, 5.41) is 12.0. The van der Waals surface area contributed by atoms with Crippen molar-refractivity contribution >= 4 is 11.5 Å². The molecule has 0 saturated carbocycles. The molecule has 10 heteroatoms. The quantitative estimate of drug-likeness (QED) is 0.682. The third-order valence-corrected chi connectivity index (χ3v) is 5.27. The lowest BCUT2D eigenvalue weighted by molar-refractivity contribution is -0.127. The molecule has 1 atom stereocenters. The third-order valence-electron chi connectivity index (χ3n) is 5.27. The van der Waals surface area contributed by atoms with Gasteiger partial charge in [-0.3, -0.25) is 4.40 Å². The monoisotopic (exact) mass is 420 g/mol. The molecule has 0 amide bonds. The van der Waals surface area contributed by atoms with Gasteiger partial charge in [0.05, 0.1) is 25.2 Å². The largest absolute Gasteiger partial charge is 0.497 e. The summed E-state index contributed by atoms with van der Waals surface area (Å²) >= 11 is 0. The predicted molar refractivity (Wildman–Crippen MR) is 107 cm³/mol. The molecule has 7 nitrogen and oxygen atoms in total. The fraction of sp³-hybridized carbons (Fsp3) is 0.450. The summed E-state index contributed by atoms with van der Waals surface area (Å²) in [5.74, 6) is 0.882. The molecular weight excluding hydrogens is 397 g/mol. The van der Waals surface area contributed by atoms with Crippen molar-refractivity contribution < 1.29 is 17.9 Å². The van der Waals surface area contributed by atoms with Crippen molar-refractivity contribution in [2.45, 2.75) is 31.5 Å². The second-order valence-corrected chi connectivity index (χ2v) is 7.58. The van der Waals surface area contributed by atoms with Gasteiger partial charge in [-0.05, 0) is 50.2 Å². The average molecular weight is 420 g/mol. The number of alkyl halides is 3. The van der Waals surface area contributed by atoms with Crippen molar-refractivity contribution in [1.82, 2.24) is 24.5 Å². The van der Waals surface area contributed by atoms with E-state index in [4.69, 9.17) is 4.74 Å². The van der Waals surface area contributed by atoms with Gasteiger partial charge in [0.1, 0.15) is 17.8 Å². The van der Waals surface area contributed by atoms with Gasteiger partial charge in [-0.1, -0.05) is 0 Å². The first-order chi connectivity index (χ1) is 14.3. The molecule has 1 fully saturated rings. The van der Waals surface area contributed by atoms with Crippen LogP contribution in [0.1, 0.15) is 18.4 Å². The minimum atomic E-state index is -4.36. The van der Waals surface area contributed by atoms with Gasteiger partial charge in [-0.2, -0.15) is 13.2 Å². The molecule has 1 aromatic carbocycles. The zero-order valence-corrected chi connectivity index (χ0v) is 16.8. The van der Waals surface area contributed by atoms with E-state index in [2.05, 4.69) is 32.4 Å². The van der Waals surface area contributed by atoms with Crippen molar-refractivity contribution in [3.8, 4) is 17.0 Å². The Hall–Kier alpha value is -2.88. The molecule has 0 radical (unpaired) electrons. The topological polar surface area (TPSA) is 67.6 Å². The van der Waals surface area contributed by atoms with Crippen LogP contribution in [-0.4, -0.2) is 63.9 Å². The van der Waals surface area contributed by atoms with Crippen LogP contribution in [0.3, 0.4) is 0 Å². The summed E-state index contributed by atoms with van der Waals surface area (Å²) in [6, 6.07) is 4.81. The number of benzene rings is 1. The maximum atomic E-state index is 13.2. The maximum Gasteiger partial charge on any atom is 0.393 e. The lowest BCUT2D eigenvalue weighted by Gasteiger charge is -2.30. The molecule has 160 valence electrons. The van der Waals surface area contributed by atoms with E-state index in [0.29, 0.717) is 28.5 Å². The van der Waals surface area contributed by atoms with Crippen molar-refractivity contribution in [2.75, 3.05) is 32.6 Å². The number of likely N-dealkylation sites (tertiary alicyclic amines) is 1. The Morgan fingerprint density at radius 2 is 2.10 bits per heavy atom. The summed E-state index contributed by atoms with van der Waals surface area (Å²) in [6.45, 7) is 1.94. The van der Waals surface area contributed by atoms with E-state index in [0.717, 1.165) is 25.9 Å². The number of anilines is 1. The number of fused-ring (bicyclic) bond motifs is 1. The van der Waals surface area contributed by atoms with Crippen LogP contribution < -0.4 is 10.1 Å². The fourth-order valence-electron chi connectivity index (χ4n) is 3.88. The Labute approximate surface area is 171 Å². The van der Waals surface area contributed by atoms with Crippen LogP contribution in [0.15, 0.2) is 30.7 Å². The summed E-state index contributed by atoms with van der Waals surface area (Å²) in [6.07, 6.45) is -0.174. The van der Waals surface area contributed by atoms with Gasteiger partial charge >= 0.3 is 6.18 Å². The van der Waals surface area contributed by atoms with Crippen LogP contribution in [0, 0.1) is 0 Å². The smallest absolute Gasteiger partial charge is 0.393 e. The lowest BCUT2D eigenvalue weighted by Crippen LogP contribution is -2.40. The Balaban J connectivity index is 1.73. The first-order valence-electron chi connectivity index (χ1n) is 9.72. The van der Waals surface area contributed by atoms with E-state index in [9.17, 15) is 13.2 Å². The number of piperidine rings is 1. The molecule has 1 aliphatic heterocycles. The fourth-order valence-corrected chi connectivity index (χ4v) is 3.88. The highest BCUT2D eigenvalue weighted by atomic mass is 19.4. The Kier molecular flexibility index (Phi) is 5.50. The van der Waals surface area contributed by atoms with Gasteiger partial charge in [0.2, 0.25) is 5.95 Å². The highest BCUT2D eigenvalue weighted by Crippen LogP contribution is 2.33. The molecular formula is C20H23F3N6O.